The van der Waals surface area contributed by atoms with Crippen molar-refractivity contribution in [1.29, 1.82) is 0 Å². The molecule has 0 aromatic heterocycles. The lowest BCUT2D eigenvalue weighted by atomic mass is 10.6. The molecule has 0 heterocycles. The normalized spacial score (nSPS) is 6.86. The van der Waals surface area contributed by atoms with Crippen molar-refractivity contribution in [3.63, 3.8) is 0 Å². The minimum Gasteiger partial charge on any atom is -0.284 e. The summed E-state index contributed by atoms with van der Waals surface area (Å²) in [6, 6.07) is 0. The molecule has 0 rings (SSSR count). The molecule has 0 spiro atoms. The average Bonchev–Trinajstić information content (AvgIpc) is 1.68. The molecule has 0 aliphatic heterocycles. The second-order valence-electron chi connectivity index (χ2n) is 0.795. The van der Waals surface area contributed by atoms with Crippen LogP contribution in [-0.2, 0) is 9.59 Å². The van der Waals surface area contributed by atoms with E-state index in [1.807, 2.05) is 0 Å². The van der Waals surface area contributed by atoms with Gasteiger partial charge in [-0.3, -0.25) is 14.9 Å². The van der Waals surface area contributed by atoms with Gasteiger partial charge in [0.05, 0.1) is 0 Å². The van der Waals surface area contributed by atoms with Crippen LogP contribution >= 0.6 is 0 Å². The smallest absolute Gasteiger partial charge is 0.284 e. The molecule has 0 saturated carbocycles. The number of amides is 2. The molecule has 7 heavy (non-hydrogen) atoms. The van der Waals surface area contributed by atoms with Gasteiger partial charge in [0.2, 0.25) is 5.91 Å². The molecule has 0 aromatic carbocycles. The van der Waals surface area contributed by atoms with E-state index in [2.05, 4.69) is 6.58 Å². The van der Waals surface area contributed by atoms with Crippen molar-refractivity contribution < 1.29 is 9.59 Å². The molecule has 37 valence electrons. The lowest BCUT2D eigenvalue weighted by Crippen LogP contribution is -2.17. The number of carbonyl (C=O) groups is 1. The van der Waals surface area contributed by atoms with Crippen molar-refractivity contribution in [2.24, 2.45) is 0 Å². The molecular weight excluding hydrogens is 94.0 g/mol. The Morgan fingerprint density at radius 3 is 2.57 bits per heavy atom. The number of carbonyl (C=O) groups excluding carboxylic acids is 2. The van der Waals surface area contributed by atoms with Crippen LogP contribution in [0, 0.1) is 0 Å². The third kappa shape index (κ3) is 2.69. The van der Waals surface area contributed by atoms with Crippen LogP contribution in [0.2, 0.25) is 0 Å². The Hall–Kier alpha value is -1.12. The Labute approximate surface area is 41.0 Å². The molecule has 0 saturated heterocycles. The van der Waals surface area contributed by atoms with Gasteiger partial charge < -0.3 is 0 Å². The van der Waals surface area contributed by atoms with Crippen LogP contribution in [0.3, 0.4) is 0 Å². The highest BCUT2D eigenvalue weighted by atomic mass is 16.2. The lowest BCUT2D eigenvalue weighted by molar-refractivity contribution is -0.115. The third-order valence-corrected chi connectivity index (χ3v) is 0.360. The zero-order valence-electron chi connectivity index (χ0n) is 3.60. The van der Waals surface area contributed by atoms with E-state index in [0.717, 1.165) is 6.08 Å². The summed E-state index contributed by atoms with van der Waals surface area (Å²) in [5.41, 5.74) is 0. The van der Waals surface area contributed by atoms with Crippen LogP contribution in [0.4, 0.5) is 0 Å². The van der Waals surface area contributed by atoms with Gasteiger partial charge in [-0.1, -0.05) is 6.58 Å². The molecule has 2 amide bonds. The van der Waals surface area contributed by atoms with Gasteiger partial charge in [-0.05, 0) is 6.08 Å². The van der Waals surface area contributed by atoms with Gasteiger partial charge in [-0.2, -0.15) is 0 Å². The molecule has 0 bridgehead atoms. The SMILES string of the molecule is C=CC(=O)N[C]=O. The maximum atomic E-state index is 9.92. The number of nitrogens with one attached hydrogen (secondary N) is 1. The monoisotopic (exact) mass is 98.0 g/mol. The van der Waals surface area contributed by atoms with E-state index in [1.165, 1.54) is 6.41 Å². The van der Waals surface area contributed by atoms with Gasteiger partial charge in [0.1, 0.15) is 0 Å². The predicted molar refractivity (Wildman–Crippen MR) is 24.0 cm³/mol. The van der Waals surface area contributed by atoms with Crippen LogP contribution < -0.4 is 5.32 Å². The Bertz CT molecular complexity index is 97.9. The molecular formula is C4H4NO2. The minimum absolute atomic E-state index is 0.532. The third-order valence-electron chi connectivity index (χ3n) is 0.360. The first-order valence-corrected chi connectivity index (χ1v) is 1.61. The molecule has 0 aliphatic carbocycles. The first-order chi connectivity index (χ1) is 3.31. The number of hydrogen-bond acceptors (Lipinski definition) is 2. The van der Waals surface area contributed by atoms with Gasteiger partial charge >= 0.3 is 6.41 Å². The van der Waals surface area contributed by atoms with E-state index in [9.17, 15) is 9.59 Å². The van der Waals surface area contributed by atoms with Crippen molar-refractivity contribution in [3.8, 4) is 0 Å². The molecule has 3 nitrogen and oxygen atoms in total. The predicted octanol–water partition coefficient (Wildman–Crippen LogP) is -0.644. The Morgan fingerprint density at radius 1 is 1.86 bits per heavy atom. The molecule has 0 unspecified atom stereocenters. The standard InChI is InChI=1S/C4H4NO2/c1-2-4(7)5-3-6/h2H,1H2,(H,5,6,7). The van der Waals surface area contributed by atoms with Gasteiger partial charge in [0.25, 0.3) is 0 Å². The fourth-order valence-electron chi connectivity index (χ4n) is 0.101. The fourth-order valence-corrected chi connectivity index (χ4v) is 0.101. The zero-order valence-corrected chi connectivity index (χ0v) is 3.60. The second-order valence-corrected chi connectivity index (χ2v) is 0.795. The summed E-state index contributed by atoms with van der Waals surface area (Å²) < 4.78 is 0. The van der Waals surface area contributed by atoms with Crippen LogP contribution in [0.25, 0.3) is 0 Å². The molecule has 0 atom stereocenters. The van der Waals surface area contributed by atoms with E-state index in [4.69, 9.17) is 0 Å². The second kappa shape index (κ2) is 3.08. The van der Waals surface area contributed by atoms with E-state index >= 15 is 0 Å². The van der Waals surface area contributed by atoms with E-state index in [1.54, 1.807) is 5.32 Å². The quantitative estimate of drug-likeness (QED) is 0.368. The lowest BCUT2D eigenvalue weighted by Gasteiger charge is -1.79. The van der Waals surface area contributed by atoms with Crippen LogP contribution in [0.5, 0.6) is 0 Å². The van der Waals surface area contributed by atoms with E-state index < -0.39 is 5.91 Å². The minimum atomic E-state index is -0.532. The maximum Gasteiger partial charge on any atom is 0.316 e. The van der Waals surface area contributed by atoms with Gasteiger partial charge in [-0.25, -0.2) is 0 Å². The molecule has 0 aromatic rings. The average molecular weight is 98.1 g/mol. The van der Waals surface area contributed by atoms with Gasteiger partial charge in [0, 0.05) is 0 Å². The largest absolute Gasteiger partial charge is 0.316 e. The summed E-state index contributed by atoms with van der Waals surface area (Å²) in [6.45, 7) is 3.09. The van der Waals surface area contributed by atoms with Crippen molar-refractivity contribution >= 4 is 12.3 Å². The molecule has 3 heteroatoms. The summed E-state index contributed by atoms with van der Waals surface area (Å²) in [7, 11) is 0. The Morgan fingerprint density at radius 2 is 2.43 bits per heavy atom. The zero-order chi connectivity index (χ0) is 5.70. The van der Waals surface area contributed by atoms with E-state index in [-0.39, 0.29) is 0 Å². The van der Waals surface area contributed by atoms with Gasteiger partial charge in [0.15, 0.2) is 0 Å². The Kier molecular flexibility index (Phi) is 2.59. The highest BCUT2D eigenvalue weighted by molar-refractivity contribution is 5.94. The highest BCUT2D eigenvalue weighted by Crippen LogP contribution is 1.57. The first kappa shape index (κ1) is 5.88. The van der Waals surface area contributed by atoms with Gasteiger partial charge in [-0.15, -0.1) is 0 Å². The summed E-state index contributed by atoms with van der Waals surface area (Å²) in [5, 5.41) is 1.73. The summed E-state index contributed by atoms with van der Waals surface area (Å²) in [5.74, 6) is -0.532. The molecule has 0 aliphatic rings. The summed E-state index contributed by atoms with van der Waals surface area (Å²) >= 11 is 0. The van der Waals surface area contributed by atoms with Crippen LogP contribution in [-0.4, -0.2) is 12.3 Å². The summed E-state index contributed by atoms with van der Waals surface area (Å²) in [6.07, 6.45) is 2.19. The van der Waals surface area contributed by atoms with Crippen LogP contribution in [0.15, 0.2) is 12.7 Å². The maximum absolute atomic E-state index is 9.92. The fraction of sp³-hybridized carbons (Fsp3) is 0. The Balaban J connectivity index is 3.36. The highest BCUT2D eigenvalue weighted by Gasteiger charge is 1.85. The molecule has 1 radical (unpaired) electrons. The number of hydrogen-bond donors (Lipinski definition) is 1. The van der Waals surface area contributed by atoms with Crippen molar-refractivity contribution in [1.82, 2.24) is 5.32 Å². The van der Waals surface area contributed by atoms with Crippen molar-refractivity contribution in [2.75, 3.05) is 0 Å². The number of rotatable bonds is 2. The molecule has 0 fully saturated rings. The van der Waals surface area contributed by atoms with E-state index in [0.29, 0.717) is 0 Å². The van der Waals surface area contributed by atoms with Crippen LogP contribution in [0.1, 0.15) is 0 Å². The molecule has 1 N–H and O–H groups in total. The topological polar surface area (TPSA) is 46.2 Å². The number of imide groups is 1. The van der Waals surface area contributed by atoms with Crippen molar-refractivity contribution in [3.05, 3.63) is 12.7 Å². The first-order valence-electron chi connectivity index (χ1n) is 1.61. The summed E-state index contributed by atoms with van der Waals surface area (Å²) in [4.78, 5) is 19.2. The van der Waals surface area contributed by atoms with Crippen molar-refractivity contribution in [2.45, 2.75) is 0 Å².